The molecule has 0 atom stereocenters. The second kappa shape index (κ2) is 9.01. The monoisotopic (exact) mass is 472 g/mol. The molecule has 0 saturated carbocycles. The molecule has 3 aromatic heterocycles. The molecule has 4 aromatic rings. The van der Waals surface area contributed by atoms with Gasteiger partial charge in [-0.15, -0.1) is 23.7 Å². The fourth-order valence-corrected chi connectivity index (χ4v) is 4.95. The van der Waals surface area contributed by atoms with Crippen LogP contribution in [0.4, 0.5) is 5.82 Å². The molecule has 4 heterocycles. The van der Waals surface area contributed by atoms with E-state index < -0.39 is 0 Å². The Morgan fingerprint density at radius 3 is 2.42 bits per heavy atom. The van der Waals surface area contributed by atoms with Crippen LogP contribution >= 0.6 is 35.3 Å². The maximum atomic E-state index is 13.2. The summed E-state index contributed by atoms with van der Waals surface area (Å²) in [6, 6.07) is 15.7. The minimum absolute atomic E-state index is 0. The van der Waals surface area contributed by atoms with Crippen molar-refractivity contribution in [2.75, 3.05) is 38.1 Å². The van der Waals surface area contributed by atoms with E-state index in [9.17, 15) is 4.79 Å². The molecule has 1 aromatic carbocycles. The summed E-state index contributed by atoms with van der Waals surface area (Å²) in [4.78, 5) is 23.4. The number of pyridine rings is 2. The zero-order valence-corrected chi connectivity index (χ0v) is 19.4. The van der Waals surface area contributed by atoms with Crippen LogP contribution in [0.3, 0.4) is 0 Å². The first-order chi connectivity index (χ1) is 14.6. The van der Waals surface area contributed by atoms with Gasteiger partial charge in [-0.3, -0.25) is 9.36 Å². The number of halogens is 2. The van der Waals surface area contributed by atoms with Crippen molar-refractivity contribution in [2.24, 2.45) is 0 Å². The van der Waals surface area contributed by atoms with Gasteiger partial charge in [-0.1, -0.05) is 23.7 Å². The number of piperazine rings is 1. The van der Waals surface area contributed by atoms with Gasteiger partial charge in [-0.2, -0.15) is 0 Å². The maximum absolute atomic E-state index is 13.2. The molecule has 1 aliphatic rings. The predicted octanol–water partition coefficient (Wildman–Crippen LogP) is 4.94. The van der Waals surface area contributed by atoms with Crippen molar-refractivity contribution in [1.82, 2.24) is 14.5 Å². The summed E-state index contributed by atoms with van der Waals surface area (Å²) in [7, 11) is 2.14. The molecule has 1 saturated heterocycles. The van der Waals surface area contributed by atoms with Crippen LogP contribution in [0.15, 0.2) is 65.7 Å². The molecule has 8 heteroatoms. The minimum Gasteiger partial charge on any atom is -0.354 e. The molecule has 0 unspecified atom stereocenters. The number of hydrogen-bond donors (Lipinski definition) is 0. The Morgan fingerprint density at radius 1 is 1.00 bits per heavy atom. The van der Waals surface area contributed by atoms with E-state index in [0.29, 0.717) is 5.02 Å². The van der Waals surface area contributed by atoms with Crippen LogP contribution in [0.5, 0.6) is 0 Å². The molecule has 0 bridgehead atoms. The Morgan fingerprint density at radius 2 is 1.74 bits per heavy atom. The predicted molar refractivity (Wildman–Crippen MR) is 133 cm³/mol. The second-order valence-electron chi connectivity index (χ2n) is 7.56. The SMILES string of the molecule is CN1CCN(c2ccc(-n3ccc4cc(-c5ccc(Cl)cc5)sc4c3=O)cn2)CC1.Cl. The molecule has 1 aliphatic heterocycles. The zero-order chi connectivity index (χ0) is 20.7. The lowest BCUT2D eigenvalue weighted by atomic mass is 10.2. The van der Waals surface area contributed by atoms with Gasteiger partial charge < -0.3 is 9.80 Å². The first-order valence-corrected chi connectivity index (χ1v) is 11.1. The van der Waals surface area contributed by atoms with Crippen LogP contribution in [0, 0.1) is 0 Å². The van der Waals surface area contributed by atoms with Crippen LogP contribution in [-0.2, 0) is 0 Å². The molecular formula is C23H22Cl2N4OS. The van der Waals surface area contributed by atoms with Crippen molar-refractivity contribution < 1.29 is 0 Å². The van der Waals surface area contributed by atoms with Crippen molar-refractivity contribution in [3.8, 4) is 16.1 Å². The van der Waals surface area contributed by atoms with Crippen molar-refractivity contribution in [3.63, 3.8) is 0 Å². The third kappa shape index (κ3) is 4.34. The molecule has 0 aliphatic carbocycles. The van der Waals surface area contributed by atoms with Crippen molar-refractivity contribution >= 4 is 51.2 Å². The number of benzene rings is 1. The van der Waals surface area contributed by atoms with Crippen LogP contribution in [-0.4, -0.2) is 47.7 Å². The van der Waals surface area contributed by atoms with Gasteiger partial charge in [0.25, 0.3) is 5.56 Å². The normalized spacial score (nSPS) is 14.6. The lowest BCUT2D eigenvalue weighted by Crippen LogP contribution is -2.44. The highest BCUT2D eigenvalue weighted by atomic mass is 35.5. The number of likely N-dealkylation sites (N-methyl/N-ethyl adjacent to an activating group) is 1. The van der Waals surface area contributed by atoms with Crippen molar-refractivity contribution in [3.05, 3.63) is 76.3 Å². The lowest BCUT2D eigenvalue weighted by Gasteiger charge is -2.33. The second-order valence-corrected chi connectivity index (χ2v) is 9.05. The summed E-state index contributed by atoms with van der Waals surface area (Å²) < 4.78 is 2.41. The third-order valence-electron chi connectivity index (χ3n) is 5.54. The number of fused-ring (bicyclic) bond motifs is 1. The van der Waals surface area contributed by atoms with Gasteiger partial charge >= 0.3 is 0 Å². The molecular weight excluding hydrogens is 451 g/mol. The van der Waals surface area contributed by atoms with Crippen molar-refractivity contribution in [1.29, 1.82) is 0 Å². The molecule has 1 fully saturated rings. The van der Waals surface area contributed by atoms with E-state index in [0.717, 1.165) is 58.2 Å². The standard InChI is InChI=1S/C23H21ClN4OS.ClH/c1-26-10-12-27(13-11-26)21-7-6-19(15-25-21)28-9-8-17-14-20(30-22(17)23(28)29)16-2-4-18(24)5-3-16;/h2-9,14-15H,10-13H2,1H3;1H. The van der Waals surface area contributed by atoms with Crippen LogP contribution in [0.2, 0.25) is 5.02 Å². The summed E-state index contributed by atoms with van der Waals surface area (Å²) >= 11 is 7.51. The van der Waals surface area contributed by atoms with Crippen LogP contribution in [0.1, 0.15) is 0 Å². The Bertz CT molecular complexity index is 1240. The van der Waals surface area contributed by atoms with E-state index in [-0.39, 0.29) is 18.0 Å². The molecule has 31 heavy (non-hydrogen) atoms. The zero-order valence-electron chi connectivity index (χ0n) is 17.0. The third-order valence-corrected chi connectivity index (χ3v) is 6.98. The Balaban J connectivity index is 0.00000231. The summed E-state index contributed by atoms with van der Waals surface area (Å²) in [5.74, 6) is 0.960. The number of rotatable bonds is 3. The van der Waals surface area contributed by atoms with Gasteiger partial charge in [-0.25, -0.2) is 4.98 Å². The molecule has 0 N–H and O–H groups in total. The largest absolute Gasteiger partial charge is 0.354 e. The molecule has 160 valence electrons. The summed E-state index contributed by atoms with van der Waals surface area (Å²) in [6.07, 6.45) is 3.62. The molecule has 0 spiro atoms. The highest BCUT2D eigenvalue weighted by Gasteiger charge is 2.16. The lowest BCUT2D eigenvalue weighted by molar-refractivity contribution is 0.312. The first-order valence-electron chi connectivity index (χ1n) is 9.89. The molecule has 5 rings (SSSR count). The number of nitrogens with zero attached hydrogens (tertiary/aromatic N) is 4. The maximum Gasteiger partial charge on any atom is 0.273 e. The summed E-state index contributed by atoms with van der Waals surface area (Å²) in [5, 5.41) is 1.66. The highest BCUT2D eigenvalue weighted by molar-refractivity contribution is 7.22. The smallest absolute Gasteiger partial charge is 0.273 e. The van der Waals surface area contributed by atoms with E-state index in [1.54, 1.807) is 10.8 Å². The van der Waals surface area contributed by atoms with E-state index in [1.165, 1.54) is 11.3 Å². The average molecular weight is 473 g/mol. The first kappa shape index (κ1) is 21.8. The Kier molecular flexibility index (Phi) is 6.34. The minimum atomic E-state index is -0.0214. The quantitative estimate of drug-likeness (QED) is 0.423. The van der Waals surface area contributed by atoms with E-state index in [1.807, 2.05) is 48.7 Å². The average Bonchev–Trinajstić information content (AvgIpc) is 3.21. The molecule has 5 nitrogen and oxygen atoms in total. The van der Waals surface area contributed by atoms with Gasteiger partial charge in [0.15, 0.2) is 0 Å². The van der Waals surface area contributed by atoms with E-state index >= 15 is 0 Å². The van der Waals surface area contributed by atoms with Gasteiger partial charge in [0.05, 0.1) is 11.9 Å². The van der Waals surface area contributed by atoms with Gasteiger partial charge in [0.1, 0.15) is 10.5 Å². The summed E-state index contributed by atoms with van der Waals surface area (Å²) in [5.41, 5.74) is 1.82. The van der Waals surface area contributed by atoms with Crippen LogP contribution < -0.4 is 10.5 Å². The van der Waals surface area contributed by atoms with Gasteiger partial charge in [0, 0.05) is 47.7 Å². The number of aromatic nitrogens is 2. The highest BCUT2D eigenvalue weighted by Crippen LogP contribution is 2.32. The topological polar surface area (TPSA) is 41.4 Å². The molecule has 0 radical (unpaired) electrons. The van der Waals surface area contributed by atoms with E-state index in [2.05, 4.69) is 27.9 Å². The van der Waals surface area contributed by atoms with Crippen molar-refractivity contribution in [2.45, 2.75) is 0 Å². The Labute approximate surface area is 195 Å². The van der Waals surface area contributed by atoms with Crippen LogP contribution in [0.25, 0.3) is 26.2 Å². The number of anilines is 1. The van der Waals surface area contributed by atoms with E-state index in [4.69, 9.17) is 11.6 Å². The van der Waals surface area contributed by atoms with Gasteiger partial charge in [-0.05, 0) is 49.0 Å². The fraction of sp³-hybridized carbons (Fsp3) is 0.217. The fourth-order valence-electron chi connectivity index (χ4n) is 3.73. The molecule has 0 amide bonds. The van der Waals surface area contributed by atoms with Gasteiger partial charge in [0.2, 0.25) is 0 Å². The number of thiophene rings is 1. The Hall–Kier alpha value is -2.38. The number of hydrogen-bond acceptors (Lipinski definition) is 5. The summed E-state index contributed by atoms with van der Waals surface area (Å²) in [6.45, 7) is 4.01.